The van der Waals surface area contributed by atoms with E-state index in [9.17, 15) is 4.79 Å². The van der Waals surface area contributed by atoms with E-state index in [-0.39, 0.29) is 18.2 Å². The smallest absolute Gasteiger partial charge is 0.192 e. The van der Waals surface area contributed by atoms with Crippen LogP contribution in [0.4, 0.5) is 0 Å². The lowest BCUT2D eigenvalue weighted by Crippen LogP contribution is -2.39. The number of guanidine groups is 2. The Morgan fingerprint density at radius 2 is 1.58 bits per heavy atom. The minimum Gasteiger partial charge on any atom is -0.370 e. The second-order valence-electron chi connectivity index (χ2n) is 1.68. The van der Waals surface area contributed by atoms with Gasteiger partial charge in [-0.3, -0.25) is 25.7 Å². The van der Waals surface area contributed by atoms with Gasteiger partial charge in [0.05, 0.1) is 0 Å². The highest BCUT2D eigenvalue weighted by molar-refractivity contribution is 6.23. The van der Waals surface area contributed by atoms with Crippen molar-refractivity contribution in [2.24, 2.45) is 11.5 Å². The molecule has 0 aliphatic rings. The van der Waals surface area contributed by atoms with Crippen LogP contribution in [0.1, 0.15) is 6.92 Å². The lowest BCUT2D eigenvalue weighted by molar-refractivity contribution is -0.128. The van der Waals surface area contributed by atoms with Crippen LogP contribution in [0.15, 0.2) is 0 Å². The molecule has 12 heavy (non-hydrogen) atoms. The highest BCUT2D eigenvalue weighted by Gasteiger charge is 1.83. The summed E-state index contributed by atoms with van der Waals surface area (Å²) >= 11 is 0. The van der Waals surface area contributed by atoms with E-state index in [2.05, 4.69) is 0 Å². The van der Waals surface area contributed by atoms with Crippen LogP contribution in [0.25, 0.3) is 0 Å². The standard InChI is InChI=1S/C3H4O2.C2H7N5/c1-3(5)2-4;3-1(4)7-2(5)6/h2H,1H3;(H7,3,4,5,6,7). The monoisotopic (exact) mass is 173 g/mol. The molecule has 7 nitrogen and oxygen atoms in total. The number of hydrogen-bond acceptors (Lipinski definition) is 4. The zero-order chi connectivity index (χ0) is 10.1. The normalized spacial score (nSPS) is 7.08. The molecule has 0 bridgehead atoms. The highest BCUT2D eigenvalue weighted by atomic mass is 16.2. The molecule has 0 rings (SSSR count). The molecule has 0 heterocycles. The average Bonchev–Trinajstić information content (AvgIpc) is 1.85. The molecule has 7 heteroatoms. The zero-order valence-electron chi connectivity index (χ0n) is 6.55. The third-order valence-corrected chi connectivity index (χ3v) is 0.435. The summed E-state index contributed by atoms with van der Waals surface area (Å²) in [6.45, 7) is 1.22. The first kappa shape index (κ1) is 12.7. The number of carbonyl (C=O) groups is 2. The third-order valence-electron chi connectivity index (χ3n) is 0.435. The Morgan fingerprint density at radius 3 is 1.58 bits per heavy atom. The van der Waals surface area contributed by atoms with E-state index in [1.165, 1.54) is 6.92 Å². The van der Waals surface area contributed by atoms with Crippen molar-refractivity contribution in [1.29, 1.82) is 10.8 Å². The molecule has 0 aromatic rings. The SMILES string of the molecule is CC(=O)C=O.N=C(N)NC(=N)N. The molecule has 7 N–H and O–H groups in total. The summed E-state index contributed by atoms with van der Waals surface area (Å²) in [5, 5.41) is 15.0. The lowest BCUT2D eigenvalue weighted by atomic mass is 10.5. The van der Waals surface area contributed by atoms with Crippen LogP contribution in [0, 0.1) is 10.8 Å². The van der Waals surface area contributed by atoms with Crippen LogP contribution >= 0.6 is 0 Å². The molecule has 0 saturated heterocycles. The van der Waals surface area contributed by atoms with Gasteiger partial charge in [-0.1, -0.05) is 0 Å². The fraction of sp³-hybridized carbons (Fsp3) is 0.200. The van der Waals surface area contributed by atoms with Gasteiger partial charge in [0.15, 0.2) is 24.0 Å². The maximum absolute atomic E-state index is 9.44. The minimum absolute atomic E-state index is 0.278. The molecule has 0 fully saturated rings. The lowest BCUT2D eigenvalue weighted by Gasteiger charge is -1.95. The predicted molar refractivity (Wildman–Crippen MR) is 43.7 cm³/mol. The molecule has 68 valence electrons. The fourth-order valence-corrected chi connectivity index (χ4v) is 0.145. The molecule has 0 radical (unpaired) electrons. The number of aldehydes is 1. The minimum atomic E-state index is -0.426. The van der Waals surface area contributed by atoms with Crippen LogP contribution in [-0.4, -0.2) is 24.0 Å². The van der Waals surface area contributed by atoms with Gasteiger partial charge >= 0.3 is 0 Å². The second kappa shape index (κ2) is 7.19. The summed E-state index contributed by atoms with van der Waals surface area (Å²) in [5.41, 5.74) is 9.49. The molecule has 0 aromatic heterocycles. The summed E-state index contributed by atoms with van der Waals surface area (Å²) in [7, 11) is 0. The first-order chi connectivity index (χ1) is 5.40. The van der Waals surface area contributed by atoms with Crippen LogP contribution in [0.3, 0.4) is 0 Å². The Morgan fingerprint density at radius 1 is 1.33 bits per heavy atom. The maximum Gasteiger partial charge on any atom is 0.192 e. The quantitative estimate of drug-likeness (QED) is 0.136. The molecule has 0 saturated carbocycles. The Kier molecular flexibility index (Phi) is 7.63. The topological polar surface area (TPSA) is 146 Å². The van der Waals surface area contributed by atoms with E-state index in [1.54, 1.807) is 0 Å². The van der Waals surface area contributed by atoms with E-state index in [1.807, 2.05) is 5.32 Å². The van der Waals surface area contributed by atoms with Gasteiger partial charge in [-0.15, -0.1) is 0 Å². The predicted octanol–water partition coefficient (Wildman–Crippen LogP) is -1.86. The summed E-state index contributed by atoms with van der Waals surface area (Å²) in [6, 6.07) is 0. The highest BCUT2D eigenvalue weighted by Crippen LogP contribution is 1.48. The van der Waals surface area contributed by atoms with Crippen LogP contribution in [0.2, 0.25) is 0 Å². The second-order valence-corrected chi connectivity index (χ2v) is 1.68. The molecule has 0 aliphatic heterocycles. The molecular weight excluding hydrogens is 162 g/mol. The van der Waals surface area contributed by atoms with Gasteiger partial charge in [0.2, 0.25) is 0 Å². The van der Waals surface area contributed by atoms with E-state index in [0.717, 1.165) is 0 Å². The maximum atomic E-state index is 9.44. The number of ketones is 1. The molecule has 0 aromatic carbocycles. The van der Waals surface area contributed by atoms with Crippen LogP contribution in [-0.2, 0) is 9.59 Å². The van der Waals surface area contributed by atoms with Crippen molar-refractivity contribution in [2.45, 2.75) is 6.92 Å². The van der Waals surface area contributed by atoms with Crippen molar-refractivity contribution in [2.75, 3.05) is 0 Å². The Balaban J connectivity index is 0. The van der Waals surface area contributed by atoms with Crippen molar-refractivity contribution < 1.29 is 9.59 Å². The Bertz CT molecular complexity index is 188. The average molecular weight is 173 g/mol. The number of nitrogens with one attached hydrogen (secondary N) is 3. The van der Waals surface area contributed by atoms with Gasteiger partial charge < -0.3 is 11.5 Å². The van der Waals surface area contributed by atoms with Crippen molar-refractivity contribution in [3.8, 4) is 0 Å². The van der Waals surface area contributed by atoms with Gasteiger partial charge in [0.25, 0.3) is 0 Å². The van der Waals surface area contributed by atoms with Crippen molar-refractivity contribution in [3.05, 3.63) is 0 Å². The van der Waals surface area contributed by atoms with Crippen LogP contribution in [0.5, 0.6) is 0 Å². The van der Waals surface area contributed by atoms with Crippen molar-refractivity contribution in [3.63, 3.8) is 0 Å². The van der Waals surface area contributed by atoms with E-state index < -0.39 is 5.78 Å². The third kappa shape index (κ3) is 24.3. The number of Topliss-reactive ketones (excluding diaryl/α,β-unsaturated/α-hetero) is 1. The molecule has 0 spiro atoms. The summed E-state index contributed by atoms with van der Waals surface area (Å²) in [6.07, 6.45) is 0.278. The molecule has 0 amide bonds. The summed E-state index contributed by atoms with van der Waals surface area (Å²) in [4.78, 5) is 18.6. The first-order valence-electron chi connectivity index (χ1n) is 2.81. The van der Waals surface area contributed by atoms with Gasteiger partial charge in [-0.05, 0) is 0 Å². The Labute approximate surface area is 69.1 Å². The van der Waals surface area contributed by atoms with E-state index >= 15 is 0 Å². The van der Waals surface area contributed by atoms with Gasteiger partial charge in [0.1, 0.15) is 0 Å². The Hall–Kier alpha value is -1.92. The number of hydrogen-bond donors (Lipinski definition) is 5. The zero-order valence-corrected chi connectivity index (χ0v) is 6.55. The largest absolute Gasteiger partial charge is 0.370 e. The fourth-order valence-electron chi connectivity index (χ4n) is 0.145. The van der Waals surface area contributed by atoms with E-state index in [4.69, 9.17) is 27.1 Å². The molecule has 0 unspecified atom stereocenters. The van der Waals surface area contributed by atoms with Crippen molar-refractivity contribution in [1.82, 2.24) is 5.32 Å². The van der Waals surface area contributed by atoms with Gasteiger partial charge in [0, 0.05) is 6.92 Å². The molecular formula is C5H11N5O2. The summed E-state index contributed by atoms with van der Waals surface area (Å²) < 4.78 is 0. The number of carbonyl (C=O) groups excluding carboxylic acids is 2. The first-order valence-corrected chi connectivity index (χ1v) is 2.81. The molecule has 0 atom stereocenters. The van der Waals surface area contributed by atoms with Gasteiger partial charge in [-0.25, -0.2) is 0 Å². The molecule has 0 aliphatic carbocycles. The van der Waals surface area contributed by atoms with E-state index in [0.29, 0.717) is 0 Å². The van der Waals surface area contributed by atoms with Crippen LogP contribution < -0.4 is 16.8 Å². The van der Waals surface area contributed by atoms with Crippen molar-refractivity contribution >= 4 is 24.0 Å². The number of nitrogens with two attached hydrogens (primary N) is 2. The van der Waals surface area contributed by atoms with Gasteiger partial charge in [-0.2, -0.15) is 0 Å². The number of rotatable bonds is 1. The summed E-state index contributed by atoms with van der Waals surface area (Å²) in [5.74, 6) is -1.05.